The molecule has 0 aliphatic heterocycles. The summed E-state index contributed by atoms with van der Waals surface area (Å²) in [6.07, 6.45) is 0. The van der Waals surface area contributed by atoms with Crippen LogP contribution in [-0.4, -0.2) is 46.7 Å². The number of tetrazole rings is 1. The molecule has 1 N–H and O–H groups in total. The lowest BCUT2D eigenvalue weighted by atomic mass is 10.3. The van der Waals surface area contributed by atoms with Gasteiger partial charge in [0.15, 0.2) is 15.7 Å². The second kappa shape index (κ2) is 6.06. The summed E-state index contributed by atoms with van der Waals surface area (Å²) in [5.41, 5.74) is 0. The lowest BCUT2D eigenvalue weighted by molar-refractivity contribution is 0.505. The van der Waals surface area contributed by atoms with Crippen molar-refractivity contribution in [3.05, 3.63) is 5.82 Å². The van der Waals surface area contributed by atoms with Crippen LogP contribution in [0.3, 0.4) is 0 Å². The van der Waals surface area contributed by atoms with Crippen molar-refractivity contribution in [1.29, 1.82) is 0 Å². The van der Waals surface area contributed by atoms with Gasteiger partial charge in [0.05, 0.1) is 18.3 Å². The molecule has 0 aliphatic carbocycles. The van der Waals surface area contributed by atoms with Crippen LogP contribution in [0.25, 0.3) is 0 Å². The van der Waals surface area contributed by atoms with Gasteiger partial charge >= 0.3 is 0 Å². The minimum absolute atomic E-state index is 0.0133. The third-order valence-electron chi connectivity index (χ3n) is 2.51. The quantitative estimate of drug-likeness (QED) is 0.729. The van der Waals surface area contributed by atoms with E-state index in [9.17, 15) is 8.42 Å². The largest absolute Gasteiger partial charge is 0.308 e. The molecule has 0 bridgehead atoms. The van der Waals surface area contributed by atoms with Crippen LogP contribution in [0.4, 0.5) is 0 Å². The third-order valence-corrected chi connectivity index (χ3v) is 4.20. The Morgan fingerprint density at radius 2 is 2.12 bits per heavy atom. The van der Waals surface area contributed by atoms with E-state index in [-0.39, 0.29) is 17.5 Å². The van der Waals surface area contributed by atoms with Crippen molar-refractivity contribution in [1.82, 2.24) is 25.5 Å². The molecule has 1 aromatic rings. The van der Waals surface area contributed by atoms with Crippen LogP contribution in [0, 0.1) is 0 Å². The molecule has 1 heterocycles. The predicted molar refractivity (Wildman–Crippen MR) is 64.2 cm³/mol. The van der Waals surface area contributed by atoms with E-state index in [1.807, 2.05) is 13.8 Å². The molecule has 1 rings (SSSR count). The van der Waals surface area contributed by atoms with E-state index in [4.69, 9.17) is 0 Å². The number of hydrogen-bond donors (Lipinski definition) is 1. The second-order valence-corrected chi connectivity index (χ2v) is 6.25. The molecule has 8 heteroatoms. The first-order chi connectivity index (χ1) is 8.00. The molecule has 0 saturated carbocycles. The summed E-state index contributed by atoms with van der Waals surface area (Å²) in [6, 6.07) is 0.0133. The normalized spacial score (nSPS) is 13.8. The molecule has 1 atom stereocenters. The topological polar surface area (TPSA) is 89.8 Å². The van der Waals surface area contributed by atoms with E-state index in [1.165, 1.54) is 0 Å². The van der Waals surface area contributed by atoms with Gasteiger partial charge in [-0.3, -0.25) is 0 Å². The summed E-state index contributed by atoms with van der Waals surface area (Å²) in [5, 5.41) is 14.5. The van der Waals surface area contributed by atoms with E-state index in [2.05, 4.69) is 20.8 Å². The van der Waals surface area contributed by atoms with Gasteiger partial charge in [-0.2, -0.15) is 0 Å². The van der Waals surface area contributed by atoms with Crippen molar-refractivity contribution in [3.63, 3.8) is 0 Å². The van der Waals surface area contributed by atoms with E-state index >= 15 is 0 Å². The number of aromatic nitrogens is 4. The van der Waals surface area contributed by atoms with Crippen molar-refractivity contribution < 1.29 is 8.42 Å². The zero-order valence-corrected chi connectivity index (χ0v) is 11.2. The standard InChI is InChI=1S/C9H19N5O2S/c1-4-10-8(3)9-11-12-13-14(9)6-7-17(15,16)5-2/h8,10H,4-7H2,1-3H3. The average Bonchev–Trinajstić information content (AvgIpc) is 2.75. The van der Waals surface area contributed by atoms with Crippen LogP contribution in [-0.2, 0) is 16.4 Å². The van der Waals surface area contributed by atoms with Crippen LogP contribution in [0.5, 0.6) is 0 Å². The number of nitrogens with one attached hydrogen (secondary N) is 1. The van der Waals surface area contributed by atoms with Crippen molar-refractivity contribution in [2.45, 2.75) is 33.4 Å². The molecular weight excluding hydrogens is 242 g/mol. The molecule has 1 aromatic heterocycles. The van der Waals surface area contributed by atoms with Gasteiger partial charge in [-0.15, -0.1) is 5.10 Å². The second-order valence-electron chi connectivity index (χ2n) is 3.78. The van der Waals surface area contributed by atoms with Gasteiger partial charge in [0, 0.05) is 5.75 Å². The molecule has 0 aromatic carbocycles. The molecule has 0 saturated heterocycles. The van der Waals surface area contributed by atoms with Crippen LogP contribution >= 0.6 is 0 Å². The molecule has 0 radical (unpaired) electrons. The van der Waals surface area contributed by atoms with Crippen LogP contribution < -0.4 is 5.32 Å². The molecule has 17 heavy (non-hydrogen) atoms. The van der Waals surface area contributed by atoms with Crippen molar-refractivity contribution in [2.75, 3.05) is 18.1 Å². The van der Waals surface area contributed by atoms with Gasteiger partial charge in [0.25, 0.3) is 0 Å². The van der Waals surface area contributed by atoms with E-state index in [0.29, 0.717) is 12.4 Å². The van der Waals surface area contributed by atoms with Crippen molar-refractivity contribution in [3.8, 4) is 0 Å². The molecule has 0 spiro atoms. The fraction of sp³-hybridized carbons (Fsp3) is 0.889. The third kappa shape index (κ3) is 4.04. The van der Waals surface area contributed by atoms with E-state index in [0.717, 1.165) is 6.54 Å². The average molecular weight is 261 g/mol. The maximum atomic E-state index is 11.4. The Morgan fingerprint density at radius 3 is 2.71 bits per heavy atom. The summed E-state index contributed by atoms with van der Waals surface area (Å²) < 4.78 is 24.3. The smallest absolute Gasteiger partial charge is 0.167 e. The Bertz CT molecular complexity index is 442. The molecule has 7 nitrogen and oxygen atoms in total. The van der Waals surface area contributed by atoms with Gasteiger partial charge < -0.3 is 5.32 Å². The fourth-order valence-electron chi connectivity index (χ4n) is 1.45. The van der Waals surface area contributed by atoms with Crippen LogP contribution in [0.2, 0.25) is 0 Å². The lowest BCUT2D eigenvalue weighted by Crippen LogP contribution is -2.24. The minimum atomic E-state index is -2.99. The maximum Gasteiger partial charge on any atom is 0.167 e. The monoisotopic (exact) mass is 261 g/mol. The summed E-state index contributed by atoms with van der Waals surface area (Å²) in [5.74, 6) is 0.881. The van der Waals surface area contributed by atoms with Gasteiger partial charge in [-0.25, -0.2) is 13.1 Å². The highest BCUT2D eigenvalue weighted by Crippen LogP contribution is 2.07. The zero-order chi connectivity index (χ0) is 12.9. The molecule has 0 aliphatic rings. The Labute approximate surface area is 102 Å². The lowest BCUT2D eigenvalue weighted by Gasteiger charge is -2.11. The first kappa shape index (κ1) is 14.0. The first-order valence-corrected chi connectivity index (χ1v) is 7.52. The highest BCUT2D eigenvalue weighted by atomic mass is 32.2. The highest BCUT2D eigenvalue weighted by Gasteiger charge is 2.15. The minimum Gasteiger partial charge on any atom is -0.308 e. The molecule has 0 amide bonds. The first-order valence-electron chi connectivity index (χ1n) is 5.70. The molecular formula is C9H19N5O2S. The number of rotatable bonds is 7. The van der Waals surface area contributed by atoms with Crippen molar-refractivity contribution >= 4 is 9.84 Å². The van der Waals surface area contributed by atoms with E-state index < -0.39 is 9.84 Å². The molecule has 98 valence electrons. The SMILES string of the molecule is CCNC(C)c1nnnn1CCS(=O)(=O)CC. The van der Waals surface area contributed by atoms with Gasteiger partial charge in [0.2, 0.25) is 0 Å². The van der Waals surface area contributed by atoms with Crippen molar-refractivity contribution in [2.24, 2.45) is 0 Å². The Morgan fingerprint density at radius 1 is 1.41 bits per heavy atom. The van der Waals surface area contributed by atoms with Crippen LogP contribution in [0.1, 0.15) is 32.6 Å². The van der Waals surface area contributed by atoms with Gasteiger partial charge in [-0.1, -0.05) is 13.8 Å². The Balaban J connectivity index is 2.69. The maximum absolute atomic E-state index is 11.4. The van der Waals surface area contributed by atoms with Crippen LogP contribution in [0.15, 0.2) is 0 Å². The summed E-state index contributed by atoms with van der Waals surface area (Å²) in [4.78, 5) is 0. The zero-order valence-electron chi connectivity index (χ0n) is 10.4. The number of sulfone groups is 1. The molecule has 0 fully saturated rings. The fourth-order valence-corrected chi connectivity index (χ4v) is 2.19. The summed E-state index contributed by atoms with van der Waals surface area (Å²) in [7, 11) is -2.99. The molecule has 1 unspecified atom stereocenters. The van der Waals surface area contributed by atoms with Gasteiger partial charge in [0.1, 0.15) is 0 Å². The summed E-state index contributed by atoms with van der Waals surface area (Å²) >= 11 is 0. The van der Waals surface area contributed by atoms with E-state index in [1.54, 1.807) is 11.6 Å². The Hall–Kier alpha value is -1.02. The Kier molecular flexibility index (Phi) is 5.01. The summed E-state index contributed by atoms with van der Waals surface area (Å²) in [6.45, 7) is 6.68. The number of aryl methyl sites for hydroxylation is 1. The highest BCUT2D eigenvalue weighted by molar-refractivity contribution is 7.91. The number of nitrogens with zero attached hydrogens (tertiary/aromatic N) is 4. The van der Waals surface area contributed by atoms with Gasteiger partial charge in [-0.05, 0) is 23.9 Å². The number of hydrogen-bond acceptors (Lipinski definition) is 6. The predicted octanol–water partition coefficient (Wildman–Crippen LogP) is -0.222.